The fraction of sp³-hybridized carbons (Fsp3) is 0.188. The van der Waals surface area contributed by atoms with Gasteiger partial charge >= 0.3 is 0 Å². The van der Waals surface area contributed by atoms with E-state index in [9.17, 15) is 4.79 Å². The molecule has 0 atom stereocenters. The number of methoxy groups -OCH3 is 1. The van der Waals surface area contributed by atoms with Crippen LogP contribution in [-0.4, -0.2) is 20.1 Å². The summed E-state index contributed by atoms with van der Waals surface area (Å²) in [5.74, 6) is 0.670. The SMILES string of the molecule is CNC(=O)c1ccc(NCc2ccccc2OC)c(N)c1. The number of para-hydroxylation sites is 1. The number of nitrogen functional groups attached to an aromatic ring is 1. The Kier molecular flexibility index (Phi) is 4.66. The van der Waals surface area contributed by atoms with E-state index in [1.807, 2.05) is 24.3 Å². The lowest BCUT2D eigenvalue weighted by atomic mass is 10.1. The lowest BCUT2D eigenvalue weighted by Crippen LogP contribution is -2.18. The Labute approximate surface area is 124 Å². The van der Waals surface area contributed by atoms with Gasteiger partial charge < -0.3 is 21.1 Å². The van der Waals surface area contributed by atoms with E-state index in [-0.39, 0.29) is 5.91 Å². The second-order valence-corrected chi connectivity index (χ2v) is 4.55. The van der Waals surface area contributed by atoms with Crippen LogP contribution in [0, 0.1) is 0 Å². The lowest BCUT2D eigenvalue weighted by molar-refractivity contribution is 0.0963. The molecule has 0 fully saturated rings. The van der Waals surface area contributed by atoms with E-state index < -0.39 is 0 Å². The highest BCUT2D eigenvalue weighted by molar-refractivity contribution is 5.95. The molecule has 2 aromatic carbocycles. The average molecular weight is 285 g/mol. The highest BCUT2D eigenvalue weighted by Crippen LogP contribution is 2.23. The Morgan fingerprint density at radius 1 is 1.24 bits per heavy atom. The Hall–Kier alpha value is -2.69. The maximum absolute atomic E-state index is 11.5. The van der Waals surface area contributed by atoms with Gasteiger partial charge in [-0.15, -0.1) is 0 Å². The van der Waals surface area contributed by atoms with Crippen molar-refractivity contribution in [3.63, 3.8) is 0 Å². The molecule has 110 valence electrons. The van der Waals surface area contributed by atoms with Crippen LogP contribution >= 0.6 is 0 Å². The molecule has 1 amide bonds. The van der Waals surface area contributed by atoms with Crippen LogP contribution in [0.4, 0.5) is 11.4 Å². The zero-order chi connectivity index (χ0) is 15.2. The number of anilines is 2. The molecule has 0 aliphatic heterocycles. The molecule has 0 saturated carbocycles. The molecule has 5 nitrogen and oxygen atoms in total. The Morgan fingerprint density at radius 2 is 2.00 bits per heavy atom. The normalized spacial score (nSPS) is 10.0. The van der Waals surface area contributed by atoms with Gasteiger partial charge in [0.15, 0.2) is 0 Å². The van der Waals surface area contributed by atoms with E-state index in [1.54, 1.807) is 32.4 Å². The number of ether oxygens (including phenoxy) is 1. The summed E-state index contributed by atoms with van der Waals surface area (Å²) in [5, 5.41) is 5.82. The van der Waals surface area contributed by atoms with Crippen LogP contribution < -0.4 is 21.1 Å². The van der Waals surface area contributed by atoms with Crippen molar-refractivity contribution in [3.8, 4) is 5.75 Å². The minimum atomic E-state index is -0.155. The Morgan fingerprint density at radius 3 is 2.67 bits per heavy atom. The zero-order valence-corrected chi connectivity index (χ0v) is 12.1. The average Bonchev–Trinajstić information content (AvgIpc) is 2.53. The number of hydrogen-bond donors (Lipinski definition) is 3. The van der Waals surface area contributed by atoms with E-state index >= 15 is 0 Å². The number of rotatable bonds is 5. The third-order valence-corrected chi connectivity index (χ3v) is 3.20. The van der Waals surface area contributed by atoms with Crippen molar-refractivity contribution in [1.29, 1.82) is 0 Å². The fourth-order valence-corrected chi connectivity index (χ4v) is 2.05. The van der Waals surface area contributed by atoms with Gasteiger partial charge in [0.1, 0.15) is 5.75 Å². The van der Waals surface area contributed by atoms with Crippen molar-refractivity contribution >= 4 is 17.3 Å². The van der Waals surface area contributed by atoms with Crippen LogP contribution in [0.2, 0.25) is 0 Å². The van der Waals surface area contributed by atoms with Gasteiger partial charge in [0.2, 0.25) is 0 Å². The molecular formula is C16H19N3O2. The zero-order valence-electron chi connectivity index (χ0n) is 12.1. The number of nitrogens with two attached hydrogens (primary N) is 1. The molecule has 0 radical (unpaired) electrons. The summed E-state index contributed by atoms with van der Waals surface area (Å²) in [6.07, 6.45) is 0. The van der Waals surface area contributed by atoms with Gasteiger partial charge in [-0.3, -0.25) is 4.79 Å². The van der Waals surface area contributed by atoms with Crippen LogP contribution in [0.25, 0.3) is 0 Å². The minimum Gasteiger partial charge on any atom is -0.496 e. The van der Waals surface area contributed by atoms with Gasteiger partial charge in [0.25, 0.3) is 5.91 Å². The van der Waals surface area contributed by atoms with Crippen LogP contribution in [0.3, 0.4) is 0 Å². The van der Waals surface area contributed by atoms with E-state index in [1.165, 1.54) is 0 Å². The van der Waals surface area contributed by atoms with Gasteiger partial charge in [-0.05, 0) is 24.3 Å². The first-order chi connectivity index (χ1) is 10.2. The highest BCUT2D eigenvalue weighted by atomic mass is 16.5. The smallest absolute Gasteiger partial charge is 0.251 e. The summed E-state index contributed by atoms with van der Waals surface area (Å²) >= 11 is 0. The summed E-state index contributed by atoms with van der Waals surface area (Å²) in [6.45, 7) is 0.591. The van der Waals surface area contributed by atoms with Crippen LogP contribution in [0.15, 0.2) is 42.5 Å². The molecule has 5 heteroatoms. The van der Waals surface area contributed by atoms with Crippen molar-refractivity contribution in [1.82, 2.24) is 5.32 Å². The number of benzene rings is 2. The molecule has 0 aromatic heterocycles. The first-order valence-corrected chi connectivity index (χ1v) is 6.63. The molecule has 2 aromatic rings. The van der Waals surface area contributed by atoms with E-state index in [2.05, 4.69) is 10.6 Å². The molecule has 0 bridgehead atoms. The van der Waals surface area contributed by atoms with E-state index in [4.69, 9.17) is 10.5 Å². The summed E-state index contributed by atoms with van der Waals surface area (Å²) < 4.78 is 5.30. The van der Waals surface area contributed by atoms with Crippen molar-refractivity contribution in [3.05, 3.63) is 53.6 Å². The predicted molar refractivity (Wildman–Crippen MR) is 84.6 cm³/mol. The molecule has 4 N–H and O–H groups in total. The second-order valence-electron chi connectivity index (χ2n) is 4.55. The van der Waals surface area contributed by atoms with Gasteiger partial charge in [-0.25, -0.2) is 0 Å². The minimum absolute atomic E-state index is 0.155. The Balaban J connectivity index is 2.12. The third-order valence-electron chi connectivity index (χ3n) is 3.20. The monoisotopic (exact) mass is 285 g/mol. The number of amides is 1. The van der Waals surface area contributed by atoms with Crippen molar-refractivity contribution in [2.45, 2.75) is 6.54 Å². The summed E-state index contributed by atoms with van der Waals surface area (Å²) in [7, 11) is 3.23. The number of carbonyl (C=O) groups is 1. The molecule has 0 unspecified atom stereocenters. The summed E-state index contributed by atoms with van der Waals surface area (Å²) in [5.41, 5.74) is 8.87. The maximum atomic E-state index is 11.5. The Bertz CT molecular complexity index is 641. The number of hydrogen-bond acceptors (Lipinski definition) is 4. The molecular weight excluding hydrogens is 266 g/mol. The van der Waals surface area contributed by atoms with Gasteiger partial charge in [-0.1, -0.05) is 18.2 Å². The third kappa shape index (κ3) is 3.45. The summed E-state index contributed by atoms with van der Waals surface area (Å²) in [6, 6.07) is 13.0. The molecule has 0 spiro atoms. The molecule has 2 rings (SSSR count). The summed E-state index contributed by atoms with van der Waals surface area (Å²) in [4.78, 5) is 11.5. The topological polar surface area (TPSA) is 76.4 Å². The maximum Gasteiger partial charge on any atom is 0.251 e. The highest BCUT2D eigenvalue weighted by Gasteiger charge is 2.07. The van der Waals surface area contributed by atoms with Crippen molar-refractivity contribution in [2.75, 3.05) is 25.2 Å². The van der Waals surface area contributed by atoms with Crippen molar-refractivity contribution < 1.29 is 9.53 Å². The van der Waals surface area contributed by atoms with Crippen LogP contribution in [0.1, 0.15) is 15.9 Å². The van der Waals surface area contributed by atoms with E-state index in [0.717, 1.165) is 17.0 Å². The molecule has 0 heterocycles. The van der Waals surface area contributed by atoms with Crippen molar-refractivity contribution in [2.24, 2.45) is 0 Å². The van der Waals surface area contributed by atoms with Crippen LogP contribution in [0.5, 0.6) is 5.75 Å². The number of nitrogens with one attached hydrogen (secondary N) is 2. The van der Waals surface area contributed by atoms with Gasteiger partial charge in [-0.2, -0.15) is 0 Å². The van der Waals surface area contributed by atoms with Gasteiger partial charge in [0, 0.05) is 24.7 Å². The number of carbonyl (C=O) groups excluding carboxylic acids is 1. The second kappa shape index (κ2) is 6.65. The first kappa shape index (κ1) is 14.7. The van der Waals surface area contributed by atoms with Gasteiger partial charge in [0.05, 0.1) is 18.5 Å². The molecule has 0 saturated heterocycles. The molecule has 21 heavy (non-hydrogen) atoms. The largest absolute Gasteiger partial charge is 0.496 e. The predicted octanol–water partition coefficient (Wildman–Crippen LogP) is 2.25. The standard InChI is InChI=1S/C16H19N3O2/c1-18-16(20)11-7-8-14(13(17)9-11)19-10-12-5-3-4-6-15(12)21-2/h3-9,19H,10,17H2,1-2H3,(H,18,20). The molecule has 0 aliphatic rings. The van der Waals surface area contributed by atoms with E-state index in [0.29, 0.717) is 17.8 Å². The lowest BCUT2D eigenvalue weighted by Gasteiger charge is -2.12. The first-order valence-electron chi connectivity index (χ1n) is 6.63. The quantitative estimate of drug-likeness (QED) is 0.736. The fourth-order valence-electron chi connectivity index (χ4n) is 2.05. The molecule has 0 aliphatic carbocycles. The van der Waals surface area contributed by atoms with Crippen LogP contribution in [-0.2, 0) is 6.54 Å².